The molecular weight excluding hydrogens is 146 g/mol. The molecule has 64 valence electrons. The number of hydrogen-bond donors (Lipinski definition) is 1. The van der Waals surface area contributed by atoms with Gasteiger partial charge in [0, 0.05) is 7.05 Å². The fourth-order valence-corrected chi connectivity index (χ4v) is 0.647. The van der Waals surface area contributed by atoms with Gasteiger partial charge in [0.25, 0.3) is 6.47 Å². The van der Waals surface area contributed by atoms with E-state index < -0.39 is 5.60 Å². The Labute approximate surface area is 65.9 Å². The highest BCUT2D eigenvalue weighted by atomic mass is 16.5. The Bertz CT molecular complexity index is 154. The maximum atomic E-state index is 10.8. The summed E-state index contributed by atoms with van der Waals surface area (Å²) in [4.78, 5) is 20.7. The summed E-state index contributed by atoms with van der Waals surface area (Å²) in [6, 6.07) is 0. The second-order valence-electron chi connectivity index (χ2n) is 2.82. The molecule has 0 aliphatic heterocycles. The summed E-state index contributed by atoms with van der Waals surface area (Å²) >= 11 is 0. The summed E-state index contributed by atoms with van der Waals surface area (Å²) < 4.78 is 4.66. The van der Waals surface area contributed by atoms with Crippen LogP contribution in [0.3, 0.4) is 0 Å². The Balaban J connectivity index is 3.89. The lowest BCUT2D eigenvalue weighted by molar-refractivity contribution is -0.143. The summed E-state index contributed by atoms with van der Waals surface area (Å²) in [6.07, 6.45) is 0.183. The summed E-state index contributed by atoms with van der Waals surface area (Å²) in [6.45, 7) is 3.70. The van der Waals surface area contributed by atoms with Gasteiger partial charge in [-0.25, -0.2) is 0 Å². The fourth-order valence-electron chi connectivity index (χ4n) is 0.647. The van der Waals surface area contributed by atoms with E-state index >= 15 is 0 Å². The minimum Gasteiger partial charge on any atom is -0.461 e. The summed E-state index contributed by atoms with van der Waals surface area (Å²) in [5, 5.41) is 2.44. The van der Waals surface area contributed by atoms with Crippen molar-refractivity contribution in [2.45, 2.75) is 25.9 Å². The predicted octanol–water partition coefficient (Wildman–Crippen LogP) is 0.0741. The lowest BCUT2D eigenvalue weighted by Crippen LogP contribution is -2.32. The lowest BCUT2D eigenvalue weighted by Gasteiger charge is -2.20. The fraction of sp³-hybridized carbons (Fsp3) is 0.714. The first-order valence-corrected chi connectivity index (χ1v) is 3.34. The van der Waals surface area contributed by atoms with Gasteiger partial charge in [-0.3, -0.25) is 9.59 Å². The van der Waals surface area contributed by atoms with Crippen LogP contribution in [0, 0.1) is 0 Å². The van der Waals surface area contributed by atoms with Crippen LogP contribution in [0.4, 0.5) is 0 Å². The van der Waals surface area contributed by atoms with Crippen molar-refractivity contribution in [2.75, 3.05) is 7.05 Å². The van der Waals surface area contributed by atoms with Gasteiger partial charge in [-0.2, -0.15) is 0 Å². The average Bonchev–Trinajstić information content (AvgIpc) is 1.86. The Hall–Kier alpha value is -1.06. The van der Waals surface area contributed by atoms with E-state index in [0.29, 0.717) is 6.47 Å². The van der Waals surface area contributed by atoms with Gasteiger partial charge in [0.05, 0.1) is 6.42 Å². The zero-order valence-electron chi connectivity index (χ0n) is 7.01. The SMILES string of the molecule is CNC(=O)CC(C)(C)OC=O. The molecule has 0 aromatic rings. The number of rotatable bonds is 4. The first kappa shape index (κ1) is 9.94. The minimum atomic E-state index is -0.707. The predicted molar refractivity (Wildman–Crippen MR) is 39.9 cm³/mol. The van der Waals surface area contributed by atoms with Gasteiger partial charge < -0.3 is 10.1 Å². The number of carbonyl (C=O) groups excluding carboxylic acids is 2. The standard InChI is InChI=1S/C7H13NO3/c1-7(2,11-5-9)4-6(10)8-3/h5H,4H2,1-3H3,(H,8,10). The summed E-state index contributed by atoms with van der Waals surface area (Å²) in [5.41, 5.74) is -0.707. The number of nitrogens with one attached hydrogen (secondary N) is 1. The quantitative estimate of drug-likeness (QED) is 0.591. The molecule has 0 rings (SSSR count). The molecule has 0 saturated carbocycles. The van der Waals surface area contributed by atoms with Crippen LogP contribution >= 0.6 is 0 Å². The van der Waals surface area contributed by atoms with E-state index in [-0.39, 0.29) is 12.3 Å². The number of ether oxygens (including phenoxy) is 1. The van der Waals surface area contributed by atoms with Gasteiger partial charge in [0.1, 0.15) is 5.60 Å². The highest BCUT2D eigenvalue weighted by Crippen LogP contribution is 2.12. The van der Waals surface area contributed by atoms with Crippen LogP contribution in [0.5, 0.6) is 0 Å². The molecule has 4 heteroatoms. The number of amides is 1. The van der Waals surface area contributed by atoms with Crippen molar-refractivity contribution in [3.05, 3.63) is 0 Å². The molecule has 0 atom stereocenters. The van der Waals surface area contributed by atoms with E-state index in [9.17, 15) is 9.59 Å². The zero-order chi connectivity index (χ0) is 8.91. The molecule has 0 saturated heterocycles. The van der Waals surface area contributed by atoms with Crippen molar-refractivity contribution in [2.24, 2.45) is 0 Å². The Morgan fingerprint density at radius 1 is 1.64 bits per heavy atom. The van der Waals surface area contributed by atoms with Crippen LogP contribution in [0.1, 0.15) is 20.3 Å². The first-order chi connectivity index (χ1) is 5.02. The highest BCUT2D eigenvalue weighted by Gasteiger charge is 2.22. The molecule has 0 radical (unpaired) electrons. The molecule has 0 aromatic heterocycles. The lowest BCUT2D eigenvalue weighted by atomic mass is 10.1. The molecule has 0 aromatic carbocycles. The van der Waals surface area contributed by atoms with Crippen molar-refractivity contribution < 1.29 is 14.3 Å². The van der Waals surface area contributed by atoms with Crippen LogP contribution in [-0.4, -0.2) is 25.0 Å². The van der Waals surface area contributed by atoms with E-state index in [0.717, 1.165) is 0 Å². The number of hydrogen-bond acceptors (Lipinski definition) is 3. The summed E-state index contributed by atoms with van der Waals surface area (Å²) in [5.74, 6) is -0.142. The van der Waals surface area contributed by atoms with E-state index in [1.165, 1.54) is 0 Å². The molecule has 0 heterocycles. The molecule has 0 unspecified atom stereocenters. The highest BCUT2D eigenvalue weighted by molar-refractivity contribution is 5.76. The molecule has 1 amide bonds. The van der Waals surface area contributed by atoms with Gasteiger partial charge in [-0.05, 0) is 13.8 Å². The van der Waals surface area contributed by atoms with Gasteiger partial charge >= 0.3 is 0 Å². The van der Waals surface area contributed by atoms with E-state index in [1.807, 2.05) is 0 Å². The second-order valence-corrected chi connectivity index (χ2v) is 2.82. The topological polar surface area (TPSA) is 55.4 Å². The Morgan fingerprint density at radius 3 is 2.55 bits per heavy atom. The maximum Gasteiger partial charge on any atom is 0.293 e. The van der Waals surface area contributed by atoms with Crippen LogP contribution < -0.4 is 5.32 Å². The third-order valence-electron chi connectivity index (χ3n) is 1.23. The molecule has 1 N–H and O–H groups in total. The van der Waals surface area contributed by atoms with Crippen molar-refractivity contribution in [1.82, 2.24) is 5.32 Å². The van der Waals surface area contributed by atoms with E-state index in [1.54, 1.807) is 20.9 Å². The number of carbonyl (C=O) groups is 2. The third-order valence-corrected chi connectivity index (χ3v) is 1.23. The molecular formula is C7H13NO3. The summed E-state index contributed by atoms with van der Waals surface area (Å²) in [7, 11) is 1.54. The Morgan fingerprint density at radius 2 is 2.18 bits per heavy atom. The van der Waals surface area contributed by atoms with Crippen LogP contribution in [0.2, 0.25) is 0 Å². The van der Waals surface area contributed by atoms with Crippen molar-refractivity contribution >= 4 is 12.4 Å². The molecule has 11 heavy (non-hydrogen) atoms. The van der Waals surface area contributed by atoms with Crippen molar-refractivity contribution in [3.63, 3.8) is 0 Å². The maximum absolute atomic E-state index is 10.8. The van der Waals surface area contributed by atoms with Crippen LogP contribution in [0.25, 0.3) is 0 Å². The first-order valence-electron chi connectivity index (χ1n) is 3.34. The largest absolute Gasteiger partial charge is 0.461 e. The van der Waals surface area contributed by atoms with Gasteiger partial charge in [-0.1, -0.05) is 0 Å². The van der Waals surface area contributed by atoms with E-state index in [2.05, 4.69) is 10.1 Å². The molecule has 0 bridgehead atoms. The van der Waals surface area contributed by atoms with Gasteiger partial charge in [0.2, 0.25) is 5.91 Å². The smallest absolute Gasteiger partial charge is 0.293 e. The second kappa shape index (κ2) is 3.95. The van der Waals surface area contributed by atoms with Crippen molar-refractivity contribution in [3.8, 4) is 0 Å². The van der Waals surface area contributed by atoms with Crippen molar-refractivity contribution in [1.29, 1.82) is 0 Å². The van der Waals surface area contributed by atoms with Crippen LogP contribution in [0.15, 0.2) is 0 Å². The zero-order valence-corrected chi connectivity index (χ0v) is 7.01. The molecule has 0 aliphatic carbocycles. The normalized spacial score (nSPS) is 10.5. The third kappa shape index (κ3) is 4.36. The molecule has 0 aliphatic rings. The van der Waals surface area contributed by atoms with Gasteiger partial charge in [0.15, 0.2) is 0 Å². The molecule has 4 nitrogen and oxygen atoms in total. The van der Waals surface area contributed by atoms with Gasteiger partial charge in [-0.15, -0.1) is 0 Å². The van der Waals surface area contributed by atoms with Crippen LogP contribution in [-0.2, 0) is 14.3 Å². The molecule has 0 spiro atoms. The Kier molecular flexibility index (Phi) is 3.57. The molecule has 0 fully saturated rings. The monoisotopic (exact) mass is 159 g/mol. The average molecular weight is 159 g/mol. The van der Waals surface area contributed by atoms with E-state index in [4.69, 9.17) is 0 Å². The minimum absolute atomic E-state index is 0.142.